The summed E-state index contributed by atoms with van der Waals surface area (Å²) < 4.78 is 45.4. The first-order chi connectivity index (χ1) is 15.7. The molecular weight excluding hydrogens is 525 g/mol. The summed E-state index contributed by atoms with van der Waals surface area (Å²) in [4.78, 5) is 19.1. The highest BCUT2D eigenvalue weighted by Gasteiger charge is 2.34. The average Bonchev–Trinajstić information content (AvgIpc) is 3.23. The van der Waals surface area contributed by atoms with Crippen LogP contribution in [0.1, 0.15) is 24.3 Å². The summed E-state index contributed by atoms with van der Waals surface area (Å²) in [5, 5.41) is 6.20. The highest BCUT2D eigenvalue weighted by molar-refractivity contribution is 9.10. The minimum absolute atomic E-state index is 0.0745. The molecule has 0 saturated carbocycles. The van der Waals surface area contributed by atoms with Crippen molar-refractivity contribution in [2.24, 2.45) is 5.92 Å². The van der Waals surface area contributed by atoms with Crippen molar-refractivity contribution < 1.29 is 22.5 Å². The molecule has 1 aliphatic heterocycles. The smallest absolute Gasteiger partial charge is 0.338 e. The molecule has 1 fully saturated rings. The van der Waals surface area contributed by atoms with Crippen LogP contribution in [0.25, 0.3) is 11.4 Å². The third-order valence-corrected chi connectivity index (χ3v) is 6.29. The highest BCUT2D eigenvalue weighted by atomic mass is 79.9. The van der Waals surface area contributed by atoms with Crippen LogP contribution in [0.2, 0.25) is 5.02 Å². The summed E-state index contributed by atoms with van der Waals surface area (Å²) in [6.45, 7) is 1.72. The van der Waals surface area contributed by atoms with Gasteiger partial charge in [0, 0.05) is 21.6 Å². The molecule has 3 aromatic rings. The Morgan fingerprint density at radius 2 is 1.88 bits per heavy atom. The molecule has 0 radical (unpaired) electrons. The molecule has 2 heterocycles. The molecule has 1 aliphatic rings. The number of rotatable bonds is 5. The van der Waals surface area contributed by atoms with Crippen molar-refractivity contribution in [3.05, 3.63) is 63.4 Å². The van der Waals surface area contributed by atoms with Gasteiger partial charge < -0.3 is 9.84 Å². The number of halogens is 5. The average molecular weight is 544 g/mol. The summed E-state index contributed by atoms with van der Waals surface area (Å²) >= 11 is 9.02. The number of alkyl halides is 3. The summed E-state index contributed by atoms with van der Waals surface area (Å²) in [6, 6.07) is 10.9. The lowest BCUT2D eigenvalue weighted by Gasteiger charge is -2.30. The molecule has 174 valence electrons. The van der Waals surface area contributed by atoms with Crippen molar-refractivity contribution in [1.29, 1.82) is 0 Å². The molecule has 0 spiro atoms. The quantitative estimate of drug-likeness (QED) is 0.426. The number of carbonyl (C=O) groups is 1. The van der Waals surface area contributed by atoms with Crippen LogP contribution in [0.4, 0.5) is 18.9 Å². The number of piperidine rings is 1. The zero-order valence-electron chi connectivity index (χ0n) is 17.2. The first-order valence-corrected chi connectivity index (χ1v) is 11.3. The van der Waals surface area contributed by atoms with E-state index in [1.807, 2.05) is 24.3 Å². The van der Waals surface area contributed by atoms with E-state index in [4.69, 9.17) is 16.1 Å². The van der Waals surface area contributed by atoms with Crippen LogP contribution in [-0.4, -0.2) is 34.0 Å². The topological polar surface area (TPSA) is 71.3 Å². The van der Waals surface area contributed by atoms with Crippen molar-refractivity contribution in [3.63, 3.8) is 0 Å². The molecular formula is C22H19BrClF3N4O2. The fourth-order valence-electron chi connectivity index (χ4n) is 3.64. The van der Waals surface area contributed by atoms with Gasteiger partial charge in [0.15, 0.2) is 0 Å². The van der Waals surface area contributed by atoms with E-state index < -0.39 is 16.8 Å². The molecule has 0 atom stereocenters. The summed E-state index contributed by atoms with van der Waals surface area (Å²) in [7, 11) is 0. The highest BCUT2D eigenvalue weighted by Crippen LogP contribution is 2.36. The van der Waals surface area contributed by atoms with E-state index in [1.165, 1.54) is 6.07 Å². The van der Waals surface area contributed by atoms with E-state index in [-0.39, 0.29) is 17.5 Å². The molecule has 1 saturated heterocycles. The Kier molecular flexibility index (Phi) is 7.06. The molecule has 1 amide bonds. The van der Waals surface area contributed by atoms with Gasteiger partial charge in [-0.1, -0.05) is 32.7 Å². The van der Waals surface area contributed by atoms with Crippen molar-refractivity contribution >= 4 is 39.1 Å². The predicted molar refractivity (Wildman–Crippen MR) is 121 cm³/mol. The number of anilines is 1. The molecule has 2 aromatic carbocycles. The van der Waals surface area contributed by atoms with E-state index in [9.17, 15) is 18.0 Å². The maximum absolute atomic E-state index is 13.0. The summed E-state index contributed by atoms with van der Waals surface area (Å²) in [5.74, 6) is 0.386. The predicted octanol–water partition coefficient (Wildman–Crippen LogP) is 6.02. The Morgan fingerprint density at radius 1 is 1.18 bits per heavy atom. The van der Waals surface area contributed by atoms with Crippen LogP contribution in [0.15, 0.2) is 51.5 Å². The van der Waals surface area contributed by atoms with E-state index >= 15 is 0 Å². The van der Waals surface area contributed by atoms with Crippen LogP contribution in [-0.2, 0) is 17.5 Å². The maximum atomic E-state index is 13.0. The Bertz CT molecular complexity index is 1130. The number of carbonyl (C=O) groups excluding carboxylic acids is 1. The third kappa shape index (κ3) is 5.93. The fourth-order valence-corrected chi connectivity index (χ4v) is 4.13. The molecule has 1 N–H and O–H groups in total. The molecule has 1 aromatic heterocycles. The second-order valence-electron chi connectivity index (χ2n) is 7.75. The van der Waals surface area contributed by atoms with Gasteiger partial charge in [0.25, 0.3) is 0 Å². The summed E-state index contributed by atoms with van der Waals surface area (Å²) in [6.07, 6.45) is -3.45. The molecule has 0 bridgehead atoms. The monoisotopic (exact) mass is 542 g/mol. The number of benzene rings is 2. The molecule has 33 heavy (non-hydrogen) atoms. The van der Waals surface area contributed by atoms with Crippen molar-refractivity contribution in [1.82, 2.24) is 15.0 Å². The number of hydrogen-bond acceptors (Lipinski definition) is 5. The number of hydrogen-bond donors (Lipinski definition) is 1. The zero-order valence-corrected chi connectivity index (χ0v) is 19.5. The third-order valence-electron chi connectivity index (χ3n) is 5.43. The van der Waals surface area contributed by atoms with Gasteiger partial charge in [-0.25, -0.2) is 0 Å². The number of nitrogens with zero attached hydrogens (tertiary/aromatic N) is 3. The standard InChI is InChI=1S/C22H19BrClF3N4O2/c23-15-3-1-13(2-4-15)20-29-19(33-30-20)12-31-9-7-14(8-10-31)21(32)28-16-5-6-18(24)17(11-16)22(25,26)27/h1-6,11,14H,7-10,12H2,(H,28,32). The van der Waals surface area contributed by atoms with Gasteiger partial charge in [-0.05, 0) is 68.4 Å². The summed E-state index contributed by atoms with van der Waals surface area (Å²) in [5.41, 5.74) is -0.0520. The van der Waals surface area contributed by atoms with E-state index in [0.717, 1.165) is 22.2 Å². The zero-order chi connectivity index (χ0) is 23.6. The van der Waals surface area contributed by atoms with Gasteiger partial charge in [-0.15, -0.1) is 0 Å². The van der Waals surface area contributed by atoms with Gasteiger partial charge in [0.2, 0.25) is 17.6 Å². The van der Waals surface area contributed by atoms with Gasteiger partial charge in [0.05, 0.1) is 17.1 Å². The molecule has 11 heteroatoms. The van der Waals surface area contributed by atoms with Crippen LogP contribution < -0.4 is 5.32 Å². The van der Waals surface area contributed by atoms with Gasteiger partial charge >= 0.3 is 6.18 Å². The van der Waals surface area contributed by atoms with Crippen molar-refractivity contribution in [2.75, 3.05) is 18.4 Å². The second-order valence-corrected chi connectivity index (χ2v) is 9.07. The molecule has 4 rings (SSSR count). The molecule has 6 nitrogen and oxygen atoms in total. The fraction of sp³-hybridized carbons (Fsp3) is 0.318. The van der Waals surface area contributed by atoms with Crippen LogP contribution in [0.5, 0.6) is 0 Å². The largest absolute Gasteiger partial charge is 0.417 e. The van der Waals surface area contributed by atoms with Gasteiger partial charge in [-0.2, -0.15) is 18.2 Å². The number of amides is 1. The van der Waals surface area contributed by atoms with Gasteiger partial charge in [-0.3, -0.25) is 9.69 Å². The maximum Gasteiger partial charge on any atom is 0.417 e. The lowest BCUT2D eigenvalue weighted by molar-refractivity contribution is -0.137. The molecule has 0 unspecified atom stereocenters. The van der Waals surface area contributed by atoms with Crippen LogP contribution >= 0.6 is 27.5 Å². The van der Waals surface area contributed by atoms with Crippen LogP contribution in [0.3, 0.4) is 0 Å². The molecule has 0 aliphatic carbocycles. The van der Waals surface area contributed by atoms with E-state index in [0.29, 0.717) is 44.2 Å². The van der Waals surface area contributed by atoms with Gasteiger partial charge in [0.1, 0.15) is 0 Å². The van der Waals surface area contributed by atoms with Crippen molar-refractivity contribution in [3.8, 4) is 11.4 Å². The minimum atomic E-state index is -4.59. The first kappa shape index (κ1) is 23.7. The SMILES string of the molecule is O=C(Nc1ccc(Cl)c(C(F)(F)F)c1)C1CCN(Cc2nc(-c3ccc(Br)cc3)no2)CC1. The van der Waals surface area contributed by atoms with E-state index in [2.05, 4.69) is 36.3 Å². The van der Waals surface area contributed by atoms with Crippen LogP contribution in [0, 0.1) is 5.92 Å². The minimum Gasteiger partial charge on any atom is -0.338 e. The number of likely N-dealkylation sites (tertiary alicyclic amines) is 1. The number of aromatic nitrogens is 2. The Balaban J connectivity index is 1.30. The Morgan fingerprint density at radius 3 is 2.55 bits per heavy atom. The number of nitrogens with one attached hydrogen (secondary N) is 1. The lowest BCUT2D eigenvalue weighted by atomic mass is 9.95. The second kappa shape index (κ2) is 9.82. The Hall–Kier alpha value is -2.43. The first-order valence-electron chi connectivity index (χ1n) is 10.2. The van der Waals surface area contributed by atoms with Crippen molar-refractivity contribution in [2.45, 2.75) is 25.6 Å². The Labute approximate surface area is 201 Å². The lowest BCUT2D eigenvalue weighted by Crippen LogP contribution is -2.37. The van der Waals surface area contributed by atoms with E-state index in [1.54, 1.807) is 0 Å². The normalized spacial score (nSPS) is 15.5.